The quantitative estimate of drug-likeness (QED) is 0.853. The summed E-state index contributed by atoms with van der Waals surface area (Å²) in [4.78, 5) is 2.23. The number of nitrogens with zero attached hydrogens (tertiary/aromatic N) is 3. The van der Waals surface area contributed by atoms with Crippen molar-refractivity contribution in [3.8, 4) is 0 Å². The molecule has 0 atom stereocenters. The molecule has 1 saturated heterocycles. The molecule has 1 aliphatic rings. The van der Waals surface area contributed by atoms with E-state index < -0.39 is 0 Å². The van der Waals surface area contributed by atoms with E-state index in [1.54, 1.807) is 0 Å². The molecule has 100 valence electrons. The van der Waals surface area contributed by atoms with Gasteiger partial charge in [0.25, 0.3) is 0 Å². The molecule has 0 radical (unpaired) electrons. The summed E-state index contributed by atoms with van der Waals surface area (Å²) in [6, 6.07) is 0. The molecule has 1 aromatic rings. The third kappa shape index (κ3) is 2.47. The van der Waals surface area contributed by atoms with Crippen molar-refractivity contribution in [2.24, 2.45) is 5.73 Å². The Morgan fingerprint density at radius 3 is 2.67 bits per heavy atom. The van der Waals surface area contributed by atoms with Crippen LogP contribution in [0.5, 0.6) is 0 Å². The summed E-state index contributed by atoms with van der Waals surface area (Å²) in [7, 11) is 0. The molecule has 2 rings (SSSR count). The Balaban J connectivity index is 2.36. The van der Waals surface area contributed by atoms with Crippen LogP contribution in [0.4, 0.5) is 5.82 Å². The summed E-state index contributed by atoms with van der Waals surface area (Å²) < 4.78 is 5.72. The van der Waals surface area contributed by atoms with Crippen molar-refractivity contribution in [1.29, 1.82) is 0 Å². The third-order valence-corrected chi connectivity index (χ3v) is 3.49. The highest BCUT2D eigenvalue weighted by Crippen LogP contribution is 2.26. The maximum atomic E-state index is 5.87. The molecule has 1 aromatic heterocycles. The molecule has 0 amide bonds. The molecule has 0 saturated carbocycles. The van der Waals surface area contributed by atoms with E-state index in [0.717, 1.165) is 35.7 Å². The monoisotopic (exact) mass is 250 g/mol. The van der Waals surface area contributed by atoms with Gasteiger partial charge in [-0.3, -0.25) is 0 Å². The summed E-state index contributed by atoms with van der Waals surface area (Å²) >= 11 is 0. The van der Waals surface area contributed by atoms with Crippen LogP contribution in [0.1, 0.15) is 30.7 Å². The van der Waals surface area contributed by atoms with Crippen molar-refractivity contribution in [1.82, 2.24) is 10.2 Å². The number of aromatic nitrogens is 2. The van der Waals surface area contributed by atoms with Crippen LogP contribution < -0.4 is 10.6 Å². The SMILES string of the molecule is Cc1nnc(N2CCOC(C)(C)C2)c(CN)c1C. The highest BCUT2D eigenvalue weighted by Gasteiger charge is 2.29. The van der Waals surface area contributed by atoms with E-state index in [0.29, 0.717) is 13.2 Å². The Labute approximate surface area is 108 Å². The van der Waals surface area contributed by atoms with Gasteiger partial charge in [0.2, 0.25) is 0 Å². The lowest BCUT2D eigenvalue weighted by atomic mass is 10.0. The van der Waals surface area contributed by atoms with Crippen molar-refractivity contribution in [2.75, 3.05) is 24.6 Å². The predicted molar refractivity (Wildman–Crippen MR) is 71.6 cm³/mol. The molecule has 0 bridgehead atoms. The fourth-order valence-electron chi connectivity index (χ4n) is 2.34. The molecule has 2 N–H and O–H groups in total. The van der Waals surface area contributed by atoms with Gasteiger partial charge in [-0.2, -0.15) is 5.10 Å². The number of aryl methyl sites for hydroxylation is 1. The highest BCUT2D eigenvalue weighted by molar-refractivity contribution is 5.51. The lowest BCUT2D eigenvalue weighted by molar-refractivity contribution is -0.0280. The van der Waals surface area contributed by atoms with Gasteiger partial charge in [0, 0.05) is 25.2 Å². The molecular formula is C13H22N4O. The summed E-state index contributed by atoms with van der Waals surface area (Å²) in [5, 5.41) is 8.56. The molecule has 5 nitrogen and oxygen atoms in total. The molecule has 0 aliphatic carbocycles. The van der Waals surface area contributed by atoms with E-state index in [4.69, 9.17) is 10.5 Å². The van der Waals surface area contributed by atoms with Gasteiger partial charge in [0.05, 0.1) is 17.9 Å². The number of hydrogen-bond acceptors (Lipinski definition) is 5. The first-order valence-corrected chi connectivity index (χ1v) is 6.36. The number of morpholine rings is 1. The first-order valence-electron chi connectivity index (χ1n) is 6.36. The second kappa shape index (κ2) is 4.82. The van der Waals surface area contributed by atoms with Crippen molar-refractivity contribution in [2.45, 2.75) is 39.8 Å². The van der Waals surface area contributed by atoms with Gasteiger partial charge in [-0.05, 0) is 33.3 Å². The van der Waals surface area contributed by atoms with Crippen molar-refractivity contribution >= 4 is 5.82 Å². The minimum absolute atomic E-state index is 0.148. The van der Waals surface area contributed by atoms with Gasteiger partial charge in [-0.15, -0.1) is 5.10 Å². The van der Waals surface area contributed by atoms with Gasteiger partial charge in [0.1, 0.15) is 0 Å². The molecule has 0 spiro atoms. The number of rotatable bonds is 2. The van der Waals surface area contributed by atoms with Crippen LogP contribution in [-0.2, 0) is 11.3 Å². The largest absolute Gasteiger partial charge is 0.372 e. The zero-order chi connectivity index (χ0) is 13.3. The number of hydrogen-bond donors (Lipinski definition) is 1. The molecule has 18 heavy (non-hydrogen) atoms. The molecule has 1 aliphatic heterocycles. The van der Waals surface area contributed by atoms with E-state index in [1.807, 2.05) is 6.92 Å². The average Bonchev–Trinajstić information content (AvgIpc) is 2.31. The molecule has 0 aromatic carbocycles. The fourth-order valence-corrected chi connectivity index (χ4v) is 2.34. The standard InChI is InChI=1S/C13H22N4O/c1-9-10(2)15-16-12(11(9)7-14)17-5-6-18-13(3,4)8-17/h5-8,14H2,1-4H3. The van der Waals surface area contributed by atoms with Crippen molar-refractivity contribution in [3.63, 3.8) is 0 Å². The molecule has 2 heterocycles. The van der Waals surface area contributed by atoms with Crippen LogP contribution in [0.3, 0.4) is 0 Å². The van der Waals surface area contributed by atoms with Crippen LogP contribution in [0, 0.1) is 13.8 Å². The van der Waals surface area contributed by atoms with E-state index in [2.05, 4.69) is 35.9 Å². The highest BCUT2D eigenvalue weighted by atomic mass is 16.5. The van der Waals surface area contributed by atoms with Gasteiger partial charge in [-0.25, -0.2) is 0 Å². The first-order chi connectivity index (χ1) is 8.44. The zero-order valence-electron chi connectivity index (χ0n) is 11.7. The molecule has 0 unspecified atom stereocenters. The van der Waals surface area contributed by atoms with Gasteiger partial charge in [0.15, 0.2) is 5.82 Å². The number of ether oxygens (including phenoxy) is 1. The zero-order valence-corrected chi connectivity index (χ0v) is 11.7. The summed E-state index contributed by atoms with van der Waals surface area (Å²) in [5.41, 5.74) is 8.91. The van der Waals surface area contributed by atoms with Gasteiger partial charge >= 0.3 is 0 Å². The normalized spacial score (nSPS) is 19.1. The Bertz CT molecular complexity index is 445. The minimum Gasteiger partial charge on any atom is -0.372 e. The van der Waals surface area contributed by atoms with Crippen LogP contribution >= 0.6 is 0 Å². The third-order valence-electron chi connectivity index (χ3n) is 3.49. The number of nitrogens with two attached hydrogens (primary N) is 1. The Morgan fingerprint density at radius 1 is 1.33 bits per heavy atom. The lowest BCUT2D eigenvalue weighted by Gasteiger charge is -2.39. The Kier molecular flexibility index (Phi) is 3.54. The fraction of sp³-hybridized carbons (Fsp3) is 0.692. The lowest BCUT2D eigenvalue weighted by Crippen LogP contribution is -2.49. The maximum Gasteiger partial charge on any atom is 0.156 e. The first kappa shape index (κ1) is 13.2. The minimum atomic E-state index is -0.148. The predicted octanol–water partition coefficient (Wildman–Crippen LogP) is 1.17. The Hall–Kier alpha value is -1.20. The average molecular weight is 250 g/mol. The maximum absolute atomic E-state index is 5.87. The topological polar surface area (TPSA) is 64.3 Å². The molecule has 1 fully saturated rings. The van der Waals surface area contributed by atoms with E-state index in [-0.39, 0.29) is 5.60 Å². The number of anilines is 1. The van der Waals surface area contributed by atoms with Crippen LogP contribution in [0.15, 0.2) is 0 Å². The van der Waals surface area contributed by atoms with Crippen molar-refractivity contribution in [3.05, 3.63) is 16.8 Å². The van der Waals surface area contributed by atoms with E-state index >= 15 is 0 Å². The van der Waals surface area contributed by atoms with Gasteiger partial charge in [-0.1, -0.05) is 0 Å². The summed E-state index contributed by atoms with van der Waals surface area (Å²) in [5.74, 6) is 0.914. The Morgan fingerprint density at radius 2 is 2.06 bits per heavy atom. The smallest absolute Gasteiger partial charge is 0.156 e. The second-order valence-electron chi connectivity index (χ2n) is 5.45. The van der Waals surface area contributed by atoms with Crippen molar-refractivity contribution < 1.29 is 4.74 Å². The molecular weight excluding hydrogens is 228 g/mol. The summed E-state index contributed by atoms with van der Waals surface area (Å²) in [6.07, 6.45) is 0. The van der Waals surface area contributed by atoms with E-state index in [1.165, 1.54) is 0 Å². The van der Waals surface area contributed by atoms with E-state index in [9.17, 15) is 0 Å². The van der Waals surface area contributed by atoms with Crippen LogP contribution in [0.25, 0.3) is 0 Å². The van der Waals surface area contributed by atoms with Crippen LogP contribution in [-0.4, -0.2) is 35.5 Å². The summed E-state index contributed by atoms with van der Waals surface area (Å²) in [6.45, 7) is 11.1. The second-order valence-corrected chi connectivity index (χ2v) is 5.45. The molecule has 5 heteroatoms. The van der Waals surface area contributed by atoms with Gasteiger partial charge < -0.3 is 15.4 Å². The van der Waals surface area contributed by atoms with Crippen LogP contribution in [0.2, 0.25) is 0 Å².